The number of benzene rings is 1. The SMILES string of the molecule is C=C/C=C\C(=C)N.CC.COc1ccccc1. The summed E-state index contributed by atoms with van der Waals surface area (Å²) < 4.78 is 4.91. The van der Waals surface area contributed by atoms with Gasteiger partial charge in [0.25, 0.3) is 0 Å². The largest absolute Gasteiger partial charge is 0.497 e. The van der Waals surface area contributed by atoms with E-state index in [0.717, 1.165) is 5.75 Å². The highest BCUT2D eigenvalue weighted by molar-refractivity contribution is 5.20. The van der Waals surface area contributed by atoms with Gasteiger partial charge >= 0.3 is 0 Å². The predicted octanol–water partition coefficient (Wildman–Crippen LogP) is 3.92. The zero-order chi connectivity index (χ0) is 13.5. The Morgan fingerprint density at radius 1 is 1.24 bits per heavy atom. The first-order chi connectivity index (χ1) is 8.20. The van der Waals surface area contributed by atoms with Gasteiger partial charge in [0.05, 0.1) is 7.11 Å². The van der Waals surface area contributed by atoms with E-state index in [4.69, 9.17) is 10.5 Å². The normalized spacial score (nSPS) is 8.18. The van der Waals surface area contributed by atoms with Gasteiger partial charge in [0.2, 0.25) is 0 Å². The summed E-state index contributed by atoms with van der Waals surface area (Å²) in [6, 6.07) is 9.68. The molecule has 0 saturated heterocycles. The topological polar surface area (TPSA) is 35.2 Å². The van der Waals surface area contributed by atoms with E-state index in [1.807, 2.05) is 44.2 Å². The maximum Gasteiger partial charge on any atom is 0.118 e. The smallest absolute Gasteiger partial charge is 0.118 e. The Hall–Kier alpha value is -1.96. The highest BCUT2D eigenvalue weighted by Crippen LogP contribution is 2.05. The first-order valence-electron chi connectivity index (χ1n) is 5.53. The third-order valence-electron chi connectivity index (χ3n) is 1.43. The number of allylic oxidation sites excluding steroid dienone is 3. The van der Waals surface area contributed by atoms with E-state index in [1.165, 1.54) is 0 Å². The molecule has 2 N–H and O–H groups in total. The first-order valence-corrected chi connectivity index (χ1v) is 5.53. The summed E-state index contributed by atoms with van der Waals surface area (Å²) in [6.07, 6.45) is 5.08. The standard InChI is InChI=1S/C7H8O.C6H9N.C2H6/c1-8-7-5-3-2-4-6-7;1-3-4-5-6(2)7;1-2/h2-6H,1H3;3-5H,1-2,7H2;1-2H3/b;5-4-;. The number of methoxy groups -OCH3 is 1. The van der Waals surface area contributed by atoms with Crippen LogP contribution in [0.1, 0.15) is 13.8 Å². The Balaban J connectivity index is 0. The molecule has 1 aromatic rings. The van der Waals surface area contributed by atoms with Crippen LogP contribution in [0.3, 0.4) is 0 Å². The molecular formula is C15H23NO. The summed E-state index contributed by atoms with van der Waals surface area (Å²) in [5.41, 5.74) is 5.70. The summed E-state index contributed by atoms with van der Waals surface area (Å²) in [6.45, 7) is 10.9. The predicted molar refractivity (Wildman–Crippen MR) is 77.0 cm³/mol. The summed E-state index contributed by atoms with van der Waals surface area (Å²) in [5, 5.41) is 0. The van der Waals surface area contributed by atoms with Gasteiger partial charge in [-0.2, -0.15) is 0 Å². The molecule has 0 radical (unpaired) electrons. The molecule has 0 atom stereocenters. The van der Waals surface area contributed by atoms with Crippen LogP contribution in [0.5, 0.6) is 5.75 Å². The Kier molecular flexibility index (Phi) is 14.4. The summed E-state index contributed by atoms with van der Waals surface area (Å²) in [4.78, 5) is 0. The van der Waals surface area contributed by atoms with Gasteiger partial charge in [-0.05, 0) is 18.2 Å². The average molecular weight is 233 g/mol. The van der Waals surface area contributed by atoms with Crippen LogP contribution in [0.15, 0.2) is 67.4 Å². The minimum absolute atomic E-state index is 0.555. The van der Waals surface area contributed by atoms with E-state index in [0.29, 0.717) is 5.70 Å². The zero-order valence-corrected chi connectivity index (χ0v) is 11.0. The van der Waals surface area contributed by atoms with Gasteiger partial charge in [0, 0.05) is 5.70 Å². The van der Waals surface area contributed by atoms with Crippen molar-refractivity contribution in [1.82, 2.24) is 0 Å². The van der Waals surface area contributed by atoms with E-state index in [-0.39, 0.29) is 0 Å². The Bertz CT molecular complexity index is 315. The molecule has 0 saturated carbocycles. The van der Waals surface area contributed by atoms with Crippen molar-refractivity contribution in [3.8, 4) is 5.75 Å². The fraction of sp³-hybridized carbons (Fsp3) is 0.200. The second-order valence-corrected chi connectivity index (χ2v) is 2.69. The van der Waals surface area contributed by atoms with Gasteiger partial charge in [0.1, 0.15) is 5.75 Å². The van der Waals surface area contributed by atoms with Crippen molar-refractivity contribution in [2.24, 2.45) is 5.73 Å². The van der Waals surface area contributed by atoms with E-state index >= 15 is 0 Å². The second-order valence-electron chi connectivity index (χ2n) is 2.69. The molecule has 17 heavy (non-hydrogen) atoms. The van der Waals surface area contributed by atoms with E-state index in [1.54, 1.807) is 25.3 Å². The van der Waals surface area contributed by atoms with Crippen molar-refractivity contribution >= 4 is 0 Å². The molecule has 1 aromatic carbocycles. The summed E-state index contributed by atoms with van der Waals surface area (Å²) in [7, 11) is 1.66. The molecule has 0 amide bonds. The third-order valence-corrected chi connectivity index (χ3v) is 1.43. The molecular weight excluding hydrogens is 210 g/mol. The lowest BCUT2D eigenvalue weighted by atomic mass is 10.3. The van der Waals surface area contributed by atoms with Crippen molar-refractivity contribution in [3.05, 3.63) is 67.4 Å². The second kappa shape index (κ2) is 14.0. The molecule has 0 fully saturated rings. The molecule has 0 unspecified atom stereocenters. The molecule has 0 aliphatic carbocycles. The molecule has 2 heteroatoms. The highest BCUT2D eigenvalue weighted by atomic mass is 16.5. The Morgan fingerprint density at radius 2 is 1.76 bits per heavy atom. The van der Waals surface area contributed by atoms with Crippen molar-refractivity contribution in [3.63, 3.8) is 0 Å². The minimum Gasteiger partial charge on any atom is -0.497 e. The number of nitrogens with two attached hydrogens (primary N) is 1. The van der Waals surface area contributed by atoms with Gasteiger partial charge in [-0.25, -0.2) is 0 Å². The van der Waals surface area contributed by atoms with E-state index in [9.17, 15) is 0 Å². The lowest BCUT2D eigenvalue weighted by Gasteiger charge is -1.93. The van der Waals surface area contributed by atoms with Crippen molar-refractivity contribution in [2.45, 2.75) is 13.8 Å². The molecule has 2 nitrogen and oxygen atoms in total. The quantitative estimate of drug-likeness (QED) is 0.803. The summed E-state index contributed by atoms with van der Waals surface area (Å²) >= 11 is 0. The average Bonchev–Trinajstić information content (AvgIpc) is 2.40. The van der Waals surface area contributed by atoms with Crippen LogP contribution in [0.25, 0.3) is 0 Å². The molecule has 0 spiro atoms. The Morgan fingerprint density at radius 3 is 2.00 bits per heavy atom. The third kappa shape index (κ3) is 14.0. The first kappa shape index (κ1) is 17.4. The molecule has 1 rings (SSSR count). The molecule has 0 aromatic heterocycles. The molecule has 0 aliphatic rings. The van der Waals surface area contributed by atoms with Crippen molar-refractivity contribution in [1.29, 1.82) is 0 Å². The van der Waals surface area contributed by atoms with Crippen LogP contribution in [-0.4, -0.2) is 7.11 Å². The number of ether oxygens (including phenoxy) is 1. The maximum absolute atomic E-state index is 5.15. The number of rotatable bonds is 3. The minimum atomic E-state index is 0.555. The fourth-order valence-electron chi connectivity index (χ4n) is 0.748. The van der Waals surface area contributed by atoms with Gasteiger partial charge in [0.15, 0.2) is 0 Å². The lowest BCUT2D eigenvalue weighted by molar-refractivity contribution is 0.415. The van der Waals surface area contributed by atoms with Crippen molar-refractivity contribution in [2.75, 3.05) is 7.11 Å². The van der Waals surface area contributed by atoms with Crippen LogP contribution >= 0.6 is 0 Å². The van der Waals surface area contributed by atoms with E-state index < -0.39 is 0 Å². The number of para-hydroxylation sites is 1. The van der Waals surface area contributed by atoms with Crippen molar-refractivity contribution < 1.29 is 4.74 Å². The van der Waals surface area contributed by atoms with Crippen LogP contribution in [0.2, 0.25) is 0 Å². The summed E-state index contributed by atoms with van der Waals surface area (Å²) in [5.74, 6) is 0.910. The molecule has 0 aliphatic heterocycles. The van der Waals surface area contributed by atoms with E-state index in [2.05, 4.69) is 13.2 Å². The van der Waals surface area contributed by atoms with Crippen LogP contribution < -0.4 is 10.5 Å². The fourth-order valence-corrected chi connectivity index (χ4v) is 0.748. The maximum atomic E-state index is 5.15. The van der Waals surface area contributed by atoms with Gasteiger partial charge in [-0.15, -0.1) is 0 Å². The molecule has 0 heterocycles. The van der Waals surface area contributed by atoms with Gasteiger partial charge < -0.3 is 10.5 Å². The Labute approximate surface area is 105 Å². The number of hydrogen-bond acceptors (Lipinski definition) is 2. The lowest BCUT2D eigenvalue weighted by Crippen LogP contribution is -1.87. The van der Waals surface area contributed by atoms with Crippen LogP contribution in [0.4, 0.5) is 0 Å². The molecule has 94 valence electrons. The number of hydrogen-bond donors (Lipinski definition) is 1. The van der Waals surface area contributed by atoms with Gasteiger partial charge in [-0.3, -0.25) is 0 Å². The molecule has 0 bridgehead atoms. The van der Waals surface area contributed by atoms with Gasteiger partial charge in [-0.1, -0.05) is 57.4 Å². The highest BCUT2D eigenvalue weighted by Gasteiger charge is 1.80. The van der Waals surface area contributed by atoms with Crippen LogP contribution in [-0.2, 0) is 0 Å². The van der Waals surface area contributed by atoms with Crippen LogP contribution in [0, 0.1) is 0 Å². The zero-order valence-electron chi connectivity index (χ0n) is 11.0. The monoisotopic (exact) mass is 233 g/mol.